The van der Waals surface area contributed by atoms with Gasteiger partial charge in [-0.15, -0.1) is 0 Å². The Bertz CT molecular complexity index is 533. The first kappa shape index (κ1) is 14.2. The van der Waals surface area contributed by atoms with E-state index in [4.69, 9.17) is 5.11 Å². The van der Waals surface area contributed by atoms with Crippen molar-refractivity contribution in [3.8, 4) is 0 Å². The van der Waals surface area contributed by atoms with Gasteiger partial charge in [-0.1, -0.05) is 0 Å². The van der Waals surface area contributed by atoms with Crippen molar-refractivity contribution in [2.45, 2.75) is 19.8 Å². The molecule has 0 bridgehead atoms. The SMILES string of the molecule is Cc1ccncc1NS(=O)(=O)N1CCCC(CO)C1. The van der Waals surface area contributed by atoms with Crippen LogP contribution in [0.3, 0.4) is 0 Å². The highest BCUT2D eigenvalue weighted by Gasteiger charge is 2.28. The van der Waals surface area contributed by atoms with Crippen LogP contribution >= 0.6 is 0 Å². The van der Waals surface area contributed by atoms with E-state index in [0.29, 0.717) is 18.8 Å². The van der Waals surface area contributed by atoms with Crippen molar-refractivity contribution in [3.63, 3.8) is 0 Å². The zero-order chi connectivity index (χ0) is 13.9. The molecule has 1 aliphatic rings. The lowest BCUT2D eigenvalue weighted by atomic mass is 10.0. The average Bonchev–Trinajstić information content (AvgIpc) is 2.41. The van der Waals surface area contributed by atoms with Crippen LogP contribution in [0.25, 0.3) is 0 Å². The van der Waals surface area contributed by atoms with Crippen molar-refractivity contribution in [2.24, 2.45) is 5.92 Å². The Morgan fingerprint density at radius 2 is 2.37 bits per heavy atom. The van der Waals surface area contributed by atoms with Crippen LogP contribution in [0, 0.1) is 12.8 Å². The Morgan fingerprint density at radius 1 is 1.58 bits per heavy atom. The quantitative estimate of drug-likeness (QED) is 0.855. The highest BCUT2D eigenvalue weighted by atomic mass is 32.2. The van der Waals surface area contributed by atoms with E-state index < -0.39 is 10.2 Å². The first-order valence-electron chi connectivity index (χ1n) is 6.32. The van der Waals surface area contributed by atoms with Crippen molar-refractivity contribution < 1.29 is 13.5 Å². The zero-order valence-electron chi connectivity index (χ0n) is 10.9. The molecule has 1 aromatic rings. The summed E-state index contributed by atoms with van der Waals surface area (Å²) >= 11 is 0. The number of pyridine rings is 1. The van der Waals surface area contributed by atoms with Gasteiger partial charge in [0.15, 0.2) is 0 Å². The molecule has 1 fully saturated rings. The van der Waals surface area contributed by atoms with E-state index in [2.05, 4.69) is 9.71 Å². The van der Waals surface area contributed by atoms with Gasteiger partial charge in [-0.3, -0.25) is 9.71 Å². The molecule has 1 unspecified atom stereocenters. The number of rotatable bonds is 4. The summed E-state index contributed by atoms with van der Waals surface area (Å²) < 4.78 is 28.5. The molecule has 0 spiro atoms. The lowest BCUT2D eigenvalue weighted by Gasteiger charge is -2.31. The predicted octanol–water partition coefficient (Wildman–Crippen LogP) is 0.751. The van der Waals surface area contributed by atoms with E-state index >= 15 is 0 Å². The van der Waals surface area contributed by atoms with Gasteiger partial charge in [-0.05, 0) is 37.3 Å². The van der Waals surface area contributed by atoms with E-state index in [1.54, 1.807) is 12.3 Å². The Hall–Kier alpha value is -1.18. The molecule has 19 heavy (non-hydrogen) atoms. The number of aliphatic hydroxyl groups excluding tert-OH is 1. The highest BCUT2D eigenvalue weighted by molar-refractivity contribution is 7.90. The fraction of sp³-hybridized carbons (Fsp3) is 0.583. The van der Waals surface area contributed by atoms with Gasteiger partial charge in [-0.25, -0.2) is 0 Å². The third-order valence-electron chi connectivity index (χ3n) is 3.36. The molecular weight excluding hydrogens is 266 g/mol. The van der Waals surface area contributed by atoms with E-state index in [1.807, 2.05) is 6.92 Å². The number of aliphatic hydroxyl groups is 1. The first-order valence-corrected chi connectivity index (χ1v) is 7.76. The Labute approximate surface area is 113 Å². The largest absolute Gasteiger partial charge is 0.396 e. The van der Waals surface area contributed by atoms with E-state index in [1.165, 1.54) is 10.5 Å². The fourth-order valence-electron chi connectivity index (χ4n) is 2.17. The number of nitrogens with one attached hydrogen (secondary N) is 1. The number of hydrogen-bond acceptors (Lipinski definition) is 4. The molecule has 2 N–H and O–H groups in total. The number of anilines is 1. The minimum Gasteiger partial charge on any atom is -0.396 e. The molecule has 1 aliphatic heterocycles. The number of nitrogens with zero attached hydrogens (tertiary/aromatic N) is 2. The second-order valence-electron chi connectivity index (χ2n) is 4.85. The molecule has 2 heterocycles. The normalized spacial score (nSPS) is 21.3. The zero-order valence-corrected chi connectivity index (χ0v) is 11.7. The molecule has 0 saturated carbocycles. The van der Waals surface area contributed by atoms with Crippen molar-refractivity contribution in [1.82, 2.24) is 9.29 Å². The first-order chi connectivity index (χ1) is 9.03. The second-order valence-corrected chi connectivity index (χ2v) is 6.52. The van der Waals surface area contributed by atoms with Crippen LogP contribution in [0.5, 0.6) is 0 Å². The van der Waals surface area contributed by atoms with E-state index in [-0.39, 0.29) is 12.5 Å². The van der Waals surface area contributed by atoms with E-state index in [9.17, 15) is 8.42 Å². The Morgan fingerprint density at radius 3 is 3.05 bits per heavy atom. The average molecular weight is 285 g/mol. The summed E-state index contributed by atoms with van der Waals surface area (Å²) in [5.41, 5.74) is 1.32. The topological polar surface area (TPSA) is 82.5 Å². The predicted molar refractivity (Wildman–Crippen MR) is 72.9 cm³/mol. The summed E-state index contributed by atoms with van der Waals surface area (Å²) in [6.45, 7) is 2.71. The molecule has 6 nitrogen and oxygen atoms in total. The fourth-order valence-corrected chi connectivity index (χ4v) is 3.57. The van der Waals surface area contributed by atoms with Crippen molar-refractivity contribution >= 4 is 15.9 Å². The van der Waals surface area contributed by atoms with Crippen LogP contribution in [-0.4, -0.2) is 42.5 Å². The van der Waals surface area contributed by atoms with Crippen LogP contribution in [0.2, 0.25) is 0 Å². The number of aryl methyl sites for hydroxylation is 1. The second kappa shape index (κ2) is 5.85. The number of aromatic nitrogens is 1. The standard InChI is InChI=1S/C12H19N3O3S/c1-10-4-5-13-7-12(10)14-19(17,18)15-6-2-3-11(8-15)9-16/h4-5,7,11,14,16H,2-3,6,8-9H2,1H3. The summed E-state index contributed by atoms with van der Waals surface area (Å²) in [5, 5.41) is 9.16. The molecule has 1 atom stereocenters. The smallest absolute Gasteiger partial charge is 0.301 e. The van der Waals surface area contributed by atoms with Gasteiger partial charge >= 0.3 is 10.2 Å². The lowest BCUT2D eigenvalue weighted by Crippen LogP contribution is -2.43. The molecule has 2 rings (SSSR count). The molecule has 7 heteroatoms. The highest BCUT2D eigenvalue weighted by Crippen LogP contribution is 2.21. The van der Waals surface area contributed by atoms with Crippen LogP contribution in [0.15, 0.2) is 18.5 Å². The van der Waals surface area contributed by atoms with Crippen LogP contribution in [0.1, 0.15) is 18.4 Å². The minimum atomic E-state index is -3.57. The van der Waals surface area contributed by atoms with Crippen LogP contribution < -0.4 is 4.72 Å². The molecule has 0 amide bonds. The number of hydrogen-bond donors (Lipinski definition) is 2. The summed E-state index contributed by atoms with van der Waals surface area (Å²) in [7, 11) is -3.57. The van der Waals surface area contributed by atoms with Gasteiger partial charge in [0.2, 0.25) is 0 Å². The van der Waals surface area contributed by atoms with Gasteiger partial charge in [0.25, 0.3) is 0 Å². The Balaban J connectivity index is 2.12. The summed E-state index contributed by atoms with van der Waals surface area (Å²) in [6.07, 6.45) is 4.77. The lowest BCUT2D eigenvalue weighted by molar-refractivity contribution is 0.166. The molecule has 0 aliphatic carbocycles. The van der Waals surface area contributed by atoms with Crippen LogP contribution in [-0.2, 0) is 10.2 Å². The minimum absolute atomic E-state index is 0.0257. The summed E-state index contributed by atoms with van der Waals surface area (Å²) in [6, 6.07) is 1.75. The summed E-state index contributed by atoms with van der Waals surface area (Å²) in [4.78, 5) is 3.92. The molecule has 1 saturated heterocycles. The van der Waals surface area contributed by atoms with Crippen molar-refractivity contribution in [3.05, 3.63) is 24.0 Å². The molecular formula is C12H19N3O3S. The number of piperidine rings is 1. The third kappa shape index (κ3) is 3.43. The molecule has 0 aromatic carbocycles. The van der Waals surface area contributed by atoms with Gasteiger partial charge < -0.3 is 5.11 Å². The maximum absolute atomic E-state index is 12.3. The van der Waals surface area contributed by atoms with Gasteiger partial charge in [-0.2, -0.15) is 12.7 Å². The maximum atomic E-state index is 12.3. The van der Waals surface area contributed by atoms with Gasteiger partial charge in [0.05, 0.1) is 11.9 Å². The van der Waals surface area contributed by atoms with Crippen LogP contribution in [0.4, 0.5) is 5.69 Å². The van der Waals surface area contributed by atoms with E-state index in [0.717, 1.165) is 18.4 Å². The van der Waals surface area contributed by atoms with Gasteiger partial charge in [0.1, 0.15) is 0 Å². The maximum Gasteiger partial charge on any atom is 0.301 e. The van der Waals surface area contributed by atoms with Crippen molar-refractivity contribution in [2.75, 3.05) is 24.4 Å². The van der Waals surface area contributed by atoms with Gasteiger partial charge in [0, 0.05) is 25.9 Å². The molecule has 106 valence electrons. The Kier molecular flexibility index (Phi) is 4.38. The monoisotopic (exact) mass is 285 g/mol. The molecule has 0 radical (unpaired) electrons. The van der Waals surface area contributed by atoms with Crippen molar-refractivity contribution in [1.29, 1.82) is 0 Å². The summed E-state index contributed by atoms with van der Waals surface area (Å²) in [5.74, 6) is 0.0281. The molecule has 1 aromatic heterocycles. The third-order valence-corrected chi connectivity index (χ3v) is 4.85.